The number of nitrogens with one attached hydrogen (secondary N) is 2. The number of para-hydroxylation sites is 2. The summed E-state index contributed by atoms with van der Waals surface area (Å²) in [6.45, 7) is 0. The Hall–Kier alpha value is -2.77. The number of hydrogen-bond donors (Lipinski definition) is 4. The number of amides is 2. The Kier molecular flexibility index (Phi) is 5.33. The van der Waals surface area contributed by atoms with Crippen molar-refractivity contribution < 1.29 is 29.3 Å². The first-order valence-electron chi connectivity index (χ1n) is 5.59. The van der Waals surface area contributed by atoms with Gasteiger partial charge < -0.3 is 25.6 Å². The number of benzene rings is 1. The van der Waals surface area contributed by atoms with Gasteiger partial charge in [-0.1, -0.05) is 12.1 Å². The topological polar surface area (TPSA) is 125 Å². The van der Waals surface area contributed by atoms with Gasteiger partial charge in [0.2, 0.25) is 0 Å². The number of anilines is 1. The molecule has 0 aliphatic carbocycles. The average Bonchev–Trinajstić information content (AvgIpc) is 2.37. The molecule has 8 heteroatoms. The minimum atomic E-state index is -1.51. The third kappa shape index (κ3) is 4.48. The van der Waals surface area contributed by atoms with E-state index in [-0.39, 0.29) is 0 Å². The second kappa shape index (κ2) is 6.98. The molecule has 0 bridgehead atoms. The predicted molar refractivity (Wildman–Crippen MR) is 68.8 cm³/mol. The van der Waals surface area contributed by atoms with Crippen LogP contribution in [0, 0.1) is 0 Å². The molecular formula is C12H14N2O6. The standard InChI is InChI=1S/C12H14N2O6/c1-20-9-5-3-2-4-7(9)13-12(19)14-8(11(17)18)6-10(15)16/h2-5,8H,6H2,1H3,(H,15,16)(H,17,18)(H2,13,14,19)/t8-/m0/s1. The van der Waals surface area contributed by atoms with Crippen LogP contribution in [0.1, 0.15) is 6.42 Å². The fourth-order valence-electron chi connectivity index (χ4n) is 1.44. The van der Waals surface area contributed by atoms with Gasteiger partial charge in [-0.3, -0.25) is 4.79 Å². The summed E-state index contributed by atoms with van der Waals surface area (Å²) in [6, 6.07) is 4.19. The van der Waals surface area contributed by atoms with E-state index in [1.165, 1.54) is 7.11 Å². The Balaban J connectivity index is 2.70. The fraction of sp³-hybridized carbons (Fsp3) is 0.250. The minimum absolute atomic E-state index is 0.340. The van der Waals surface area contributed by atoms with Gasteiger partial charge in [0.1, 0.15) is 11.8 Å². The maximum Gasteiger partial charge on any atom is 0.326 e. The van der Waals surface area contributed by atoms with Crippen molar-refractivity contribution in [1.29, 1.82) is 0 Å². The molecule has 0 radical (unpaired) electrons. The van der Waals surface area contributed by atoms with Crippen LogP contribution in [0.2, 0.25) is 0 Å². The van der Waals surface area contributed by atoms with Crippen molar-refractivity contribution in [2.45, 2.75) is 12.5 Å². The number of ether oxygens (including phenoxy) is 1. The van der Waals surface area contributed by atoms with Crippen LogP contribution in [0.25, 0.3) is 0 Å². The summed E-state index contributed by atoms with van der Waals surface area (Å²) in [7, 11) is 1.42. The number of methoxy groups -OCH3 is 1. The van der Waals surface area contributed by atoms with Crippen molar-refractivity contribution in [2.75, 3.05) is 12.4 Å². The van der Waals surface area contributed by atoms with Gasteiger partial charge in [-0.05, 0) is 12.1 Å². The molecule has 0 spiro atoms. The summed E-state index contributed by atoms with van der Waals surface area (Å²) in [6.07, 6.45) is -0.714. The van der Waals surface area contributed by atoms with Crippen LogP contribution >= 0.6 is 0 Å². The summed E-state index contributed by atoms with van der Waals surface area (Å²) in [5, 5.41) is 21.8. The van der Waals surface area contributed by atoms with E-state index >= 15 is 0 Å². The van der Waals surface area contributed by atoms with Crippen molar-refractivity contribution >= 4 is 23.7 Å². The van der Waals surface area contributed by atoms with Crippen molar-refractivity contribution in [3.63, 3.8) is 0 Å². The molecule has 0 aliphatic rings. The molecule has 4 N–H and O–H groups in total. The smallest absolute Gasteiger partial charge is 0.326 e. The summed E-state index contributed by atoms with van der Waals surface area (Å²) < 4.78 is 5.01. The first kappa shape index (κ1) is 15.3. The highest BCUT2D eigenvalue weighted by molar-refractivity contribution is 5.94. The number of rotatable bonds is 6. The Labute approximate surface area is 114 Å². The first-order chi connectivity index (χ1) is 9.43. The van der Waals surface area contributed by atoms with E-state index in [1.807, 2.05) is 0 Å². The van der Waals surface area contributed by atoms with E-state index in [2.05, 4.69) is 10.6 Å². The molecule has 0 saturated carbocycles. The zero-order valence-electron chi connectivity index (χ0n) is 10.6. The van der Waals surface area contributed by atoms with E-state index < -0.39 is 30.4 Å². The predicted octanol–water partition coefficient (Wildman–Crippen LogP) is 0.745. The largest absolute Gasteiger partial charge is 0.495 e. The van der Waals surface area contributed by atoms with Crippen LogP contribution in [0.3, 0.4) is 0 Å². The van der Waals surface area contributed by atoms with Crippen LogP contribution in [0.4, 0.5) is 10.5 Å². The summed E-state index contributed by atoms with van der Waals surface area (Å²) >= 11 is 0. The normalized spacial score (nSPS) is 11.2. The highest BCUT2D eigenvalue weighted by atomic mass is 16.5. The van der Waals surface area contributed by atoms with Gasteiger partial charge in [0.15, 0.2) is 0 Å². The molecule has 2 amide bonds. The number of aliphatic carboxylic acids is 2. The second-order valence-electron chi connectivity index (χ2n) is 3.79. The summed E-state index contributed by atoms with van der Waals surface area (Å²) in [5.41, 5.74) is 0.340. The number of carbonyl (C=O) groups is 3. The molecule has 0 heterocycles. The van der Waals surface area contributed by atoms with E-state index in [0.29, 0.717) is 11.4 Å². The molecule has 1 atom stereocenters. The molecule has 20 heavy (non-hydrogen) atoms. The highest BCUT2D eigenvalue weighted by Gasteiger charge is 2.23. The van der Waals surface area contributed by atoms with Crippen LogP contribution in [0.15, 0.2) is 24.3 Å². The van der Waals surface area contributed by atoms with Gasteiger partial charge in [0, 0.05) is 0 Å². The first-order valence-corrected chi connectivity index (χ1v) is 5.59. The van der Waals surface area contributed by atoms with Crippen LogP contribution < -0.4 is 15.4 Å². The summed E-state index contributed by atoms with van der Waals surface area (Å²) in [4.78, 5) is 33.0. The SMILES string of the molecule is COc1ccccc1NC(=O)N[C@@H](CC(=O)O)C(=O)O. The lowest BCUT2D eigenvalue weighted by Gasteiger charge is -2.14. The number of carboxylic acids is 2. The van der Waals surface area contributed by atoms with E-state index in [0.717, 1.165) is 0 Å². The van der Waals surface area contributed by atoms with Crippen molar-refractivity contribution in [3.05, 3.63) is 24.3 Å². The Bertz CT molecular complexity index is 516. The van der Waals surface area contributed by atoms with Gasteiger partial charge in [-0.15, -0.1) is 0 Å². The Morgan fingerprint density at radius 3 is 2.45 bits per heavy atom. The number of carboxylic acid groups (broad SMARTS) is 2. The molecule has 1 rings (SSSR count). The van der Waals surface area contributed by atoms with E-state index in [1.54, 1.807) is 24.3 Å². The molecule has 0 unspecified atom stereocenters. The quantitative estimate of drug-likeness (QED) is 0.610. The van der Waals surface area contributed by atoms with E-state index in [9.17, 15) is 14.4 Å². The third-order valence-electron chi connectivity index (χ3n) is 2.34. The monoisotopic (exact) mass is 282 g/mol. The lowest BCUT2D eigenvalue weighted by molar-refractivity contribution is -0.145. The molecule has 1 aromatic carbocycles. The minimum Gasteiger partial charge on any atom is -0.495 e. The average molecular weight is 282 g/mol. The number of urea groups is 1. The van der Waals surface area contributed by atoms with E-state index in [4.69, 9.17) is 14.9 Å². The third-order valence-corrected chi connectivity index (χ3v) is 2.34. The molecular weight excluding hydrogens is 268 g/mol. The maximum absolute atomic E-state index is 11.6. The van der Waals surface area contributed by atoms with Crippen LogP contribution in [-0.4, -0.2) is 41.3 Å². The maximum atomic E-state index is 11.6. The van der Waals surface area contributed by atoms with Gasteiger partial charge >= 0.3 is 18.0 Å². The van der Waals surface area contributed by atoms with Crippen LogP contribution in [-0.2, 0) is 9.59 Å². The lowest BCUT2D eigenvalue weighted by atomic mass is 10.2. The Morgan fingerprint density at radius 1 is 1.25 bits per heavy atom. The zero-order valence-corrected chi connectivity index (χ0v) is 10.6. The molecule has 1 aromatic rings. The number of hydrogen-bond acceptors (Lipinski definition) is 4. The summed E-state index contributed by atoms with van der Waals surface area (Å²) in [5.74, 6) is -2.36. The van der Waals surface area contributed by atoms with Crippen molar-refractivity contribution in [1.82, 2.24) is 5.32 Å². The number of carbonyl (C=O) groups excluding carboxylic acids is 1. The second-order valence-corrected chi connectivity index (χ2v) is 3.79. The van der Waals surface area contributed by atoms with Gasteiger partial charge in [-0.2, -0.15) is 0 Å². The fourth-order valence-corrected chi connectivity index (χ4v) is 1.44. The van der Waals surface area contributed by atoms with Crippen molar-refractivity contribution in [3.8, 4) is 5.75 Å². The molecule has 0 saturated heterocycles. The Morgan fingerprint density at radius 2 is 1.90 bits per heavy atom. The molecule has 8 nitrogen and oxygen atoms in total. The van der Waals surface area contributed by atoms with Gasteiger partial charge in [-0.25, -0.2) is 9.59 Å². The molecule has 0 aromatic heterocycles. The van der Waals surface area contributed by atoms with Crippen LogP contribution in [0.5, 0.6) is 5.75 Å². The van der Waals surface area contributed by atoms with Gasteiger partial charge in [0.25, 0.3) is 0 Å². The highest BCUT2D eigenvalue weighted by Crippen LogP contribution is 2.22. The lowest BCUT2D eigenvalue weighted by Crippen LogP contribution is -2.44. The molecule has 0 aliphatic heterocycles. The van der Waals surface area contributed by atoms with Gasteiger partial charge in [0.05, 0.1) is 19.2 Å². The molecule has 108 valence electrons. The van der Waals surface area contributed by atoms with Crippen molar-refractivity contribution in [2.24, 2.45) is 0 Å². The zero-order chi connectivity index (χ0) is 15.1. The molecule has 0 fully saturated rings.